The van der Waals surface area contributed by atoms with E-state index in [4.69, 9.17) is 4.74 Å². The van der Waals surface area contributed by atoms with Gasteiger partial charge in [-0.05, 0) is 37.1 Å². The molecular weight excluding hydrogens is 280 g/mol. The number of carbonyl (C=O) groups is 1. The highest BCUT2D eigenvalue weighted by Gasteiger charge is 2.11. The molecule has 0 aliphatic carbocycles. The number of benzene rings is 1. The van der Waals surface area contributed by atoms with Gasteiger partial charge in [-0.2, -0.15) is 0 Å². The lowest BCUT2D eigenvalue weighted by Crippen LogP contribution is -2.29. The highest BCUT2D eigenvalue weighted by Crippen LogP contribution is 2.10. The van der Waals surface area contributed by atoms with E-state index in [1.54, 1.807) is 13.0 Å². The van der Waals surface area contributed by atoms with Crippen molar-refractivity contribution in [3.8, 4) is 0 Å². The molecule has 0 aliphatic heterocycles. The summed E-state index contributed by atoms with van der Waals surface area (Å²) in [7, 11) is 0. The molecule has 1 amide bonds. The molecule has 2 N–H and O–H groups in total. The topological polar surface area (TPSA) is 71.2 Å². The summed E-state index contributed by atoms with van der Waals surface area (Å²) in [5, 5.41) is 2.78. The third kappa shape index (κ3) is 4.05. The Morgan fingerprint density at radius 1 is 1.18 bits per heavy atom. The summed E-state index contributed by atoms with van der Waals surface area (Å²) in [5.74, 6) is -0.382. The highest BCUT2D eigenvalue weighted by atomic mass is 16.5. The SMILES string of the molecule is CCOCc1ccccc1CNC(=O)c1ccc(C)[nH]c1=O. The van der Waals surface area contributed by atoms with E-state index in [2.05, 4.69) is 10.3 Å². The van der Waals surface area contributed by atoms with Crippen molar-refractivity contribution in [3.63, 3.8) is 0 Å². The largest absolute Gasteiger partial charge is 0.377 e. The smallest absolute Gasteiger partial charge is 0.260 e. The molecule has 0 radical (unpaired) electrons. The molecule has 0 saturated heterocycles. The normalized spacial score (nSPS) is 10.5. The Kier molecular flexibility index (Phi) is 5.49. The maximum Gasteiger partial charge on any atom is 0.260 e. The summed E-state index contributed by atoms with van der Waals surface area (Å²) < 4.78 is 5.42. The summed E-state index contributed by atoms with van der Waals surface area (Å²) >= 11 is 0. The highest BCUT2D eigenvalue weighted by molar-refractivity contribution is 5.93. The number of aryl methyl sites for hydroxylation is 1. The van der Waals surface area contributed by atoms with Gasteiger partial charge in [0.2, 0.25) is 0 Å². The molecule has 0 atom stereocenters. The number of aromatic nitrogens is 1. The minimum atomic E-state index is -0.382. The van der Waals surface area contributed by atoms with Crippen molar-refractivity contribution in [1.29, 1.82) is 0 Å². The van der Waals surface area contributed by atoms with Gasteiger partial charge in [0.15, 0.2) is 0 Å². The zero-order chi connectivity index (χ0) is 15.9. The maximum atomic E-state index is 12.1. The number of carbonyl (C=O) groups excluding carboxylic acids is 1. The molecule has 5 nitrogen and oxygen atoms in total. The van der Waals surface area contributed by atoms with Gasteiger partial charge in [-0.25, -0.2) is 0 Å². The van der Waals surface area contributed by atoms with E-state index in [9.17, 15) is 9.59 Å². The van der Waals surface area contributed by atoms with Crippen LogP contribution in [-0.4, -0.2) is 17.5 Å². The summed E-state index contributed by atoms with van der Waals surface area (Å²) in [6, 6.07) is 11.0. The summed E-state index contributed by atoms with van der Waals surface area (Å²) in [6.45, 7) is 5.21. The van der Waals surface area contributed by atoms with Crippen molar-refractivity contribution in [2.45, 2.75) is 27.0 Å². The second-order valence-electron chi connectivity index (χ2n) is 4.97. The molecule has 116 valence electrons. The van der Waals surface area contributed by atoms with E-state index >= 15 is 0 Å². The van der Waals surface area contributed by atoms with E-state index in [1.807, 2.05) is 31.2 Å². The van der Waals surface area contributed by atoms with E-state index in [1.165, 1.54) is 6.07 Å². The van der Waals surface area contributed by atoms with Crippen LogP contribution in [0.3, 0.4) is 0 Å². The number of aromatic amines is 1. The van der Waals surface area contributed by atoms with Gasteiger partial charge in [-0.15, -0.1) is 0 Å². The molecule has 22 heavy (non-hydrogen) atoms. The lowest BCUT2D eigenvalue weighted by atomic mass is 10.1. The maximum absolute atomic E-state index is 12.1. The molecule has 0 fully saturated rings. The molecule has 0 spiro atoms. The predicted octanol–water partition coefficient (Wildman–Crippen LogP) is 2.15. The van der Waals surface area contributed by atoms with Crippen LogP contribution in [0.2, 0.25) is 0 Å². The van der Waals surface area contributed by atoms with Crippen LogP contribution < -0.4 is 10.9 Å². The van der Waals surface area contributed by atoms with Crippen molar-refractivity contribution in [1.82, 2.24) is 10.3 Å². The number of H-pyrrole nitrogens is 1. The number of rotatable bonds is 6. The Morgan fingerprint density at radius 2 is 1.91 bits per heavy atom. The zero-order valence-electron chi connectivity index (χ0n) is 12.8. The number of hydrogen-bond donors (Lipinski definition) is 2. The molecular formula is C17H20N2O3. The third-order valence-corrected chi connectivity index (χ3v) is 3.32. The first-order chi connectivity index (χ1) is 10.6. The quantitative estimate of drug-likeness (QED) is 0.858. The fourth-order valence-corrected chi connectivity index (χ4v) is 2.10. The molecule has 2 rings (SSSR count). The lowest BCUT2D eigenvalue weighted by Gasteiger charge is -2.10. The summed E-state index contributed by atoms with van der Waals surface area (Å²) in [6.07, 6.45) is 0. The average molecular weight is 300 g/mol. The van der Waals surface area contributed by atoms with Gasteiger partial charge in [0.05, 0.1) is 6.61 Å². The zero-order valence-corrected chi connectivity index (χ0v) is 12.8. The molecule has 1 heterocycles. The molecule has 0 unspecified atom stereocenters. The van der Waals surface area contributed by atoms with Gasteiger partial charge in [0, 0.05) is 18.8 Å². The standard InChI is InChI=1S/C17H20N2O3/c1-3-22-11-14-7-5-4-6-13(14)10-18-16(20)15-9-8-12(2)19-17(15)21/h4-9H,3,10-11H2,1-2H3,(H,18,20)(H,19,21). The van der Waals surface area contributed by atoms with Crippen molar-refractivity contribution >= 4 is 5.91 Å². The molecule has 2 aromatic rings. The molecule has 1 aromatic carbocycles. The Balaban J connectivity index is 2.06. The van der Waals surface area contributed by atoms with Gasteiger partial charge in [0.1, 0.15) is 5.56 Å². The lowest BCUT2D eigenvalue weighted by molar-refractivity contribution is 0.0948. The Morgan fingerprint density at radius 3 is 2.59 bits per heavy atom. The van der Waals surface area contributed by atoms with Crippen molar-refractivity contribution < 1.29 is 9.53 Å². The number of nitrogens with one attached hydrogen (secondary N) is 2. The first kappa shape index (κ1) is 16.0. The molecule has 5 heteroatoms. The van der Waals surface area contributed by atoms with E-state index in [0.717, 1.165) is 16.8 Å². The fraction of sp³-hybridized carbons (Fsp3) is 0.294. The van der Waals surface area contributed by atoms with Gasteiger partial charge in [-0.1, -0.05) is 24.3 Å². The third-order valence-electron chi connectivity index (χ3n) is 3.32. The van der Waals surface area contributed by atoms with Crippen molar-refractivity contribution in [3.05, 3.63) is 69.1 Å². The van der Waals surface area contributed by atoms with Crippen LogP contribution in [-0.2, 0) is 17.9 Å². The van der Waals surface area contributed by atoms with Gasteiger partial charge in [0.25, 0.3) is 11.5 Å². The second-order valence-corrected chi connectivity index (χ2v) is 4.97. The van der Waals surface area contributed by atoms with E-state index in [0.29, 0.717) is 19.8 Å². The number of amides is 1. The number of hydrogen-bond acceptors (Lipinski definition) is 3. The van der Waals surface area contributed by atoms with Crippen molar-refractivity contribution in [2.75, 3.05) is 6.61 Å². The van der Waals surface area contributed by atoms with Crippen LogP contribution in [0.1, 0.15) is 34.1 Å². The second kappa shape index (κ2) is 7.56. The Bertz CT molecular complexity index is 707. The van der Waals surface area contributed by atoms with Crippen LogP contribution in [0, 0.1) is 6.92 Å². The number of pyridine rings is 1. The van der Waals surface area contributed by atoms with Gasteiger partial charge in [-0.3, -0.25) is 9.59 Å². The Labute approximate surface area is 129 Å². The van der Waals surface area contributed by atoms with Crippen LogP contribution in [0.25, 0.3) is 0 Å². The molecule has 1 aromatic heterocycles. The minimum absolute atomic E-state index is 0.118. The monoisotopic (exact) mass is 300 g/mol. The fourth-order valence-electron chi connectivity index (χ4n) is 2.10. The minimum Gasteiger partial charge on any atom is -0.377 e. The first-order valence-electron chi connectivity index (χ1n) is 7.24. The first-order valence-corrected chi connectivity index (χ1v) is 7.24. The van der Waals surface area contributed by atoms with Crippen LogP contribution in [0.5, 0.6) is 0 Å². The van der Waals surface area contributed by atoms with Gasteiger partial charge < -0.3 is 15.0 Å². The average Bonchev–Trinajstić information content (AvgIpc) is 2.51. The van der Waals surface area contributed by atoms with E-state index < -0.39 is 0 Å². The molecule has 0 bridgehead atoms. The van der Waals surface area contributed by atoms with Gasteiger partial charge >= 0.3 is 0 Å². The van der Waals surface area contributed by atoms with Crippen molar-refractivity contribution in [2.24, 2.45) is 0 Å². The van der Waals surface area contributed by atoms with Crippen LogP contribution >= 0.6 is 0 Å². The predicted molar refractivity (Wildman–Crippen MR) is 84.7 cm³/mol. The Hall–Kier alpha value is -2.40. The van der Waals surface area contributed by atoms with E-state index in [-0.39, 0.29) is 17.0 Å². The molecule has 0 aliphatic rings. The summed E-state index contributed by atoms with van der Waals surface area (Å²) in [5.41, 5.74) is 2.48. The van der Waals surface area contributed by atoms with Crippen LogP contribution in [0.15, 0.2) is 41.2 Å². The number of ether oxygens (including phenoxy) is 1. The van der Waals surface area contributed by atoms with Crippen LogP contribution in [0.4, 0.5) is 0 Å². The summed E-state index contributed by atoms with van der Waals surface area (Å²) in [4.78, 5) is 26.5. The molecule has 0 saturated carbocycles.